The van der Waals surface area contributed by atoms with E-state index in [9.17, 15) is 9.90 Å². The van der Waals surface area contributed by atoms with Crippen LogP contribution in [-0.4, -0.2) is 35.7 Å². The molecule has 3 rings (SSSR count). The van der Waals surface area contributed by atoms with Crippen LogP contribution in [0.25, 0.3) is 16.5 Å². The highest BCUT2D eigenvalue weighted by Gasteiger charge is 2.26. The molecule has 1 fully saturated rings. The minimum atomic E-state index is -0.896. The number of aliphatic imine (C=N–C) groups is 1. The molecular weight excluding hydrogens is 352 g/mol. The minimum Gasteiger partial charge on any atom is -0.482 e. The summed E-state index contributed by atoms with van der Waals surface area (Å²) in [5.74, 6) is -0.372. The van der Waals surface area contributed by atoms with Gasteiger partial charge in [0.2, 0.25) is 0 Å². The van der Waals surface area contributed by atoms with Crippen molar-refractivity contribution in [3.63, 3.8) is 0 Å². The van der Waals surface area contributed by atoms with Gasteiger partial charge in [-0.25, -0.2) is 4.79 Å². The van der Waals surface area contributed by atoms with Gasteiger partial charge in [0.25, 0.3) is 0 Å². The summed E-state index contributed by atoms with van der Waals surface area (Å²) >= 11 is 0. The number of carboxylic acid groups (broad SMARTS) is 1. The SMILES string of the molecule is C/C=C(\C)c1c(C2CCCCC2)c2ccc(C(=O)O)cc2n1CCOC=NC. The standard InChI is InChI=1S/C23H30N2O3/c1-4-16(2)22-21(17-8-6-5-7-9-17)19-11-10-18(23(26)27)14-20(19)25(22)12-13-28-15-24-3/h4,10-11,14-15,17H,5-9,12-13H2,1-3H3,(H,26,27)/b16-4+,24-15?. The molecular formula is C23H30N2O3. The van der Waals surface area contributed by atoms with Gasteiger partial charge in [0, 0.05) is 23.6 Å². The lowest BCUT2D eigenvalue weighted by atomic mass is 9.82. The van der Waals surface area contributed by atoms with Crippen LogP contribution in [0.2, 0.25) is 0 Å². The van der Waals surface area contributed by atoms with E-state index in [4.69, 9.17) is 4.74 Å². The zero-order valence-electron chi connectivity index (χ0n) is 17.1. The number of ether oxygens (including phenoxy) is 1. The summed E-state index contributed by atoms with van der Waals surface area (Å²) in [6.45, 7) is 5.35. The molecule has 1 aliphatic carbocycles. The predicted octanol–water partition coefficient (Wildman–Crippen LogP) is 5.49. The van der Waals surface area contributed by atoms with Crippen LogP contribution in [0.3, 0.4) is 0 Å². The lowest BCUT2D eigenvalue weighted by molar-refractivity contribution is 0.0697. The molecule has 5 heteroatoms. The Balaban J connectivity index is 2.21. The van der Waals surface area contributed by atoms with E-state index in [0.29, 0.717) is 24.6 Å². The van der Waals surface area contributed by atoms with Crippen LogP contribution in [-0.2, 0) is 11.3 Å². The lowest BCUT2D eigenvalue weighted by Gasteiger charge is -2.24. The summed E-state index contributed by atoms with van der Waals surface area (Å²) in [5, 5.41) is 10.7. The van der Waals surface area contributed by atoms with Crippen molar-refractivity contribution in [3.8, 4) is 0 Å². The monoisotopic (exact) mass is 382 g/mol. The van der Waals surface area contributed by atoms with Crippen LogP contribution in [0.5, 0.6) is 0 Å². The Hall–Kier alpha value is -2.56. The number of aromatic carboxylic acids is 1. The Morgan fingerprint density at radius 1 is 1.32 bits per heavy atom. The molecule has 1 heterocycles. The van der Waals surface area contributed by atoms with Gasteiger partial charge in [-0.3, -0.25) is 4.99 Å². The van der Waals surface area contributed by atoms with Crippen LogP contribution >= 0.6 is 0 Å². The highest BCUT2D eigenvalue weighted by molar-refractivity contribution is 5.97. The maximum atomic E-state index is 11.6. The van der Waals surface area contributed by atoms with Crippen LogP contribution in [0.15, 0.2) is 29.3 Å². The third kappa shape index (κ3) is 3.98. The first-order chi connectivity index (χ1) is 13.6. The van der Waals surface area contributed by atoms with Gasteiger partial charge in [-0.05, 0) is 55.9 Å². The van der Waals surface area contributed by atoms with Crippen LogP contribution in [0.4, 0.5) is 0 Å². The molecule has 150 valence electrons. The van der Waals surface area contributed by atoms with E-state index in [1.807, 2.05) is 12.1 Å². The Morgan fingerprint density at radius 2 is 2.07 bits per heavy atom. The van der Waals surface area contributed by atoms with Crippen molar-refractivity contribution in [1.29, 1.82) is 0 Å². The molecule has 0 saturated heterocycles. The normalized spacial score (nSPS) is 16.2. The summed E-state index contributed by atoms with van der Waals surface area (Å²) in [5.41, 5.74) is 5.13. The van der Waals surface area contributed by atoms with E-state index in [0.717, 1.165) is 5.52 Å². The van der Waals surface area contributed by atoms with Gasteiger partial charge >= 0.3 is 5.97 Å². The zero-order chi connectivity index (χ0) is 20.1. The molecule has 1 aliphatic rings. The van der Waals surface area contributed by atoms with Gasteiger partial charge in [0.1, 0.15) is 6.61 Å². The number of allylic oxidation sites excluding steroid dienone is 2. The molecule has 1 N–H and O–H groups in total. The van der Waals surface area contributed by atoms with Crippen molar-refractivity contribution >= 4 is 28.8 Å². The van der Waals surface area contributed by atoms with Crippen molar-refractivity contribution < 1.29 is 14.6 Å². The van der Waals surface area contributed by atoms with E-state index in [1.165, 1.54) is 60.7 Å². The first kappa shape index (κ1) is 20.2. The molecule has 1 aromatic heterocycles. The number of nitrogens with zero attached hydrogens (tertiary/aromatic N) is 2. The van der Waals surface area contributed by atoms with Crippen molar-refractivity contribution in [2.75, 3.05) is 13.7 Å². The van der Waals surface area contributed by atoms with E-state index in [2.05, 4.69) is 29.5 Å². The second-order valence-electron chi connectivity index (χ2n) is 7.49. The zero-order valence-corrected chi connectivity index (χ0v) is 17.1. The second-order valence-corrected chi connectivity index (χ2v) is 7.49. The molecule has 0 bridgehead atoms. The fraction of sp³-hybridized carbons (Fsp3) is 0.478. The van der Waals surface area contributed by atoms with Gasteiger partial charge in [-0.15, -0.1) is 0 Å². The third-order valence-corrected chi connectivity index (χ3v) is 5.78. The van der Waals surface area contributed by atoms with Crippen molar-refractivity contribution in [2.45, 2.75) is 58.4 Å². The van der Waals surface area contributed by atoms with Gasteiger partial charge in [0.05, 0.1) is 12.1 Å². The highest BCUT2D eigenvalue weighted by Crippen LogP contribution is 2.42. The number of aromatic nitrogens is 1. The first-order valence-electron chi connectivity index (χ1n) is 10.1. The van der Waals surface area contributed by atoms with Crippen LogP contribution in [0.1, 0.15) is 73.5 Å². The van der Waals surface area contributed by atoms with E-state index < -0.39 is 5.97 Å². The lowest BCUT2D eigenvalue weighted by Crippen LogP contribution is -2.11. The fourth-order valence-corrected chi connectivity index (χ4v) is 4.38. The number of hydrogen-bond donors (Lipinski definition) is 1. The van der Waals surface area contributed by atoms with Crippen molar-refractivity contribution in [1.82, 2.24) is 4.57 Å². The fourth-order valence-electron chi connectivity index (χ4n) is 4.38. The van der Waals surface area contributed by atoms with E-state index in [1.54, 1.807) is 13.1 Å². The Kier molecular flexibility index (Phi) is 6.55. The van der Waals surface area contributed by atoms with Crippen molar-refractivity contribution in [3.05, 3.63) is 41.1 Å². The average Bonchev–Trinajstić information content (AvgIpc) is 3.04. The van der Waals surface area contributed by atoms with E-state index >= 15 is 0 Å². The first-order valence-corrected chi connectivity index (χ1v) is 10.1. The Morgan fingerprint density at radius 3 is 2.71 bits per heavy atom. The third-order valence-electron chi connectivity index (χ3n) is 5.78. The molecule has 5 nitrogen and oxygen atoms in total. The smallest absolute Gasteiger partial charge is 0.335 e. The van der Waals surface area contributed by atoms with Crippen LogP contribution in [0, 0.1) is 0 Å². The number of benzene rings is 1. The topological polar surface area (TPSA) is 63.8 Å². The van der Waals surface area contributed by atoms with Crippen molar-refractivity contribution in [2.24, 2.45) is 4.99 Å². The maximum Gasteiger partial charge on any atom is 0.335 e. The molecule has 28 heavy (non-hydrogen) atoms. The summed E-state index contributed by atoms with van der Waals surface area (Å²) < 4.78 is 7.73. The number of rotatable bonds is 7. The molecule has 2 aromatic rings. The molecule has 0 unspecified atom stereocenters. The summed E-state index contributed by atoms with van der Waals surface area (Å²) in [4.78, 5) is 15.4. The molecule has 0 spiro atoms. The second kappa shape index (κ2) is 9.09. The van der Waals surface area contributed by atoms with E-state index in [-0.39, 0.29) is 0 Å². The molecule has 0 radical (unpaired) electrons. The van der Waals surface area contributed by atoms with Crippen LogP contribution < -0.4 is 0 Å². The van der Waals surface area contributed by atoms with Gasteiger partial charge < -0.3 is 14.4 Å². The largest absolute Gasteiger partial charge is 0.482 e. The molecule has 1 aromatic carbocycles. The molecule has 0 aliphatic heterocycles. The number of fused-ring (bicyclic) bond motifs is 1. The average molecular weight is 383 g/mol. The predicted molar refractivity (Wildman–Crippen MR) is 114 cm³/mol. The maximum absolute atomic E-state index is 11.6. The molecule has 0 atom stereocenters. The number of hydrogen-bond acceptors (Lipinski definition) is 3. The quantitative estimate of drug-likeness (QED) is 0.391. The molecule has 1 saturated carbocycles. The van der Waals surface area contributed by atoms with Gasteiger partial charge in [-0.2, -0.15) is 0 Å². The summed E-state index contributed by atoms with van der Waals surface area (Å²) in [6, 6.07) is 5.54. The summed E-state index contributed by atoms with van der Waals surface area (Å²) in [7, 11) is 1.68. The van der Waals surface area contributed by atoms with Gasteiger partial charge in [-0.1, -0.05) is 31.4 Å². The minimum absolute atomic E-state index is 0.321. The number of carbonyl (C=O) groups is 1. The highest BCUT2D eigenvalue weighted by atomic mass is 16.5. The molecule has 0 amide bonds. The summed E-state index contributed by atoms with van der Waals surface area (Å²) in [6.07, 6.45) is 9.82. The van der Waals surface area contributed by atoms with Gasteiger partial charge in [0.15, 0.2) is 6.40 Å². The Labute approximate surface area is 166 Å². The Bertz CT molecular complexity index is 902. The number of carboxylic acids is 1.